The number of aromatic nitrogens is 3. The van der Waals surface area contributed by atoms with Gasteiger partial charge < -0.3 is 9.64 Å². The number of carbonyl (C=O) groups is 2. The zero-order valence-corrected chi connectivity index (χ0v) is 15.1. The van der Waals surface area contributed by atoms with Gasteiger partial charge in [-0.2, -0.15) is 0 Å². The van der Waals surface area contributed by atoms with E-state index in [2.05, 4.69) is 15.5 Å². The predicted octanol–water partition coefficient (Wildman–Crippen LogP) is 2.25. The fraction of sp³-hybridized carbons (Fsp3) is 0.556. The number of likely N-dealkylation sites (tertiary alicyclic amines) is 1. The molecule has 0 saturated carbocycles. The van der Waals surface area contributed by atoms with Crippen molar-refractivity contribution >= 4 is 23.4 Å². The number of pyridine rings is 1. The Kier molecular flexibility index (Phi) is 6.04. The lowest BCUT2D eigenvalue weighted by atomic mass is 10.2. The summed E-state index contributed by atoms with van der Waals surface area (Å²) < 4.78 is 7.21. The number of anilines is 1. The van der Waals surface area contributed by atoms with Crippen molar-refractivity contribution in [2.75, 3.05) is 25.0 Å². The molecule has 1 saturated heterocycles. The van der Waals surface area contributed by atoms with Crippen LogP contribution in [0.25, 0.3) is 5.65 Å². The maximum atomic E-state index is 12.3. The highest BCUT2D eigenvalue weighted by molar-refractivity contribution is 5.92. The van der Waals surface area contributed by atoms with Gasteiger partial charge in [0.25, 0.3) is 0 Å². The largest absolute Gasteiger partial charge is 0.479 e. The van der Waals surface area contributed by atoms with E-state index in [0.29, 0.717) is 24.1 Å². The van der Waals surface area contributed by atoms with Gasteiger partial charge in [0.1, 0.15) is 0 Å². The summed E-state index contributed by atoms with van der Waals surface area (Å²) in [5.74, 6) is 0.652. The number of amides is 2. The van der Waals surface area contributed by atoms with Gasteiger partial charge in [-0.15, -0.1) is 10.2 Å². The molecule has 3 rings (SSSR count). The normalized spacial score (nSPS) is 14.9. The monoisotopic (exact) mass is 359 g/mol. The van der Waals surface area contributed by atoms with Gasteiger partial charge in [0.05, 0.1) is 6.61 Å². The second kappa shape index (κ2) is 8.64. The summed E-state index contributed by atoms with van der Waals surface area (Å²) >= 11 is 0. The van der Waals surface area contributed by atoms with Crippen molar-refractivity contribution in [3.63, 3.8) is 0 Å². The predicted molar refractivity (Wildman–Crippen MR) is 97.1 cm³/mol. The van der Waals surface area contributed by atoms with E-state index >= 15 is 0 Å². The van der Waals surface area contributed by atoms with Gasteiger partial charge in [-0.1, -0.05) is 18.9 Å². The van der Waals surface area contributed by atoms with Crippen molar-refractivity contribution in [3.05, 3.63) is 18.2 Å². The summed E-state index contributed by atoms with van der Waals surface area (Å²) in [4.78, 5) is 26.5. The molecule has 3 heterocycles. The van der Waals surface area contributed by atoms with E-state index in [1.807, 2.05) is 17.9 Å². The molecule has 1 aliphatic rings. The van der Waals surface area contributed by atoms with Crippen LogP contribution in [0.1, 0.15) is 45.4 Å². The molecule has 1 N–H and O–H groups in total. The first kappa shape index (κ1) is 18.2. The standard InChI is InChI=1S/C18H25N5O3/c1-2-26-17-9-7-8-14-20-21-18(23(14)17)19-15(24)10-11-16(25)22-12-5-3-4-6-13-22/h7-9H,2-6,10-13H2,1H3,(H,19,21,24). The minimum absolute atomic E-state index is 0.0446. The number of hydrogen-bond acceptors (Lipinski definition) is 5. The van der Waals surface area contributed by atoms with Crippen molar-refractivity contribution in [2.45, 2.75) is 45.4 Å². The summed E-state index contributed by atoms with van der Waals surface area (Å²) in [5.41, 5.74) is 0.590. The fourth-order valence-electron chi connectivity index (χ4n) is 3.14. The molecule has 1 fully saturated rings. The second-order valence-corrected chi connectivity index (χ2v) is 6.36. The van der Waals surface area contributed by atoms with Gasteiger partial charge in [-0.05, 0) is 31.9 Å². The Hall–Kier alpha value is -2.64. The number of rotatable bonds is 6. The Morgan fingerprint density at radius 3 is 2.62 bits per heavy atom. The third-order valence-electron chi connectivity index (χ3n) is 4.46. The van der Waals surface area contributed by atoms with Crippen molar-refractivity contribution in [2.24, 2.45) is 0 Å². The Morgan fingerprint density at radius 1 is 1.12 bits per heavy atom. The van der Waals surface area contributed by atoms with Gasteiger partial charge in [0.2, 0.25) is 23.6 Å². The van der Waals surface area contributed by atoms with Gasteiger partial charge in [0, 0.05) is 25.9 Å². The van der Waals surface area contributed by atoms with Gasteiger partial charge in [-0.25, -0.2) is 4.40 Å². The highest BCUT2D eigenvalue weighted by Crippen LogP contribution is 2.19. The summed E-state index contributed by atoms with van der Waals surface area (Å²) in [6.45, 7) is 3.98. The molecular weight excluding hydrogens is 334 g/mol. The Bertz CT molecular complexity index is 765. The van der Waals surface area contributed by atoms with E-state index < -0.39 is 0 Å². The summed E-state index contributed by atoms with van der Waals surface area (Å²) in [6.07, 6.45) is 4.77. The van der Waals surface area contributed by atoms with Crippen LogP contribution < -0.4 is 10.1 Å². The lowest BCUT2D eigenvalue weighted by Crippen LogP contribution is -2.32. The molecule has 0 radical (unpaired) electrons. The first-order valence-electron chi connectivity index (χ1n) is 9.23. The molecule has 0 atom stereocenters. The fourth-order valence-corrected chi connectivity index (χ4v) is 3.14. The molecular formula is C18H25N5O3. The molecule has 2 aromatic rings. The molecule has 1 aliphatic heterocycles. The average molecular weight is 359 g/mol. The number of hydrogen-bond donors (Lipinski definition) is 1. The van der Waals surface area contributed by atoms with E-state index in [9.17, 15) is 9.59 Å². The van der Waals surface area contributed by atoms with Crippen LogP contribution in [0.2, 0.25) is 0 Å². The number of nitrogens with one attached hydrogen (secondary N) is 1. The minimum Gasteiger partial charge on any atom is -0.479 e. The minimum atomic E-state index is -0.256. The SMILES string of the molecule is CCOc1cccc2nnc(NC(=O)CCC(=O)N3CCCCCC3)n12. The molecule has 2 aromatic heterocycles. The first-order chi connectivity index (χ1) is 12.7. The molecule has 2 amide bonds. The van der Waals surface area contributed by atoms with Crippen LogP contribution in [-0.2, 0) is 9.59 Å². The molecule has 140 valence electrons. The topological polar surface area (TPSA) is 88.8 Å². The van der Waals surface area contributed by atoms with Crippen LogP contribution in [0.4, 0.5) is 5.95 Å². The van der Waals surface area contributed by atoms with Crippen LogP contribution in [0.15, 0.2) is 18.2 Å². The molecule has 0 unspecified atom stereocenters. The van der Waals surface area contributed by atoms with Crippen LogP contribution in [-0.4, -0.2) is 51.0 Å². The van der Waals surface area contributed by atoms with Crippen molar-refractivity contribution in [1.82, 2.24) is 19.5 Å². The third-order valence-corrected chi connectivity index (χ3v) is 4.46. The molecule has 8 nitrogen and oxygen atoms in total. The van der Waals surface area contributed by atoms with Crippen LogP contribution in [0, 0.1) is 0 Å². The lowest BCUT2D eigenvalue weighted by Gasteiger charge is -2.20. The summed E-state index contributed by atoms with van der Waals surface area (Å²) in [5, 5.41) is 10.8. The maximum Gasteiger partial charge on any atom is 0.238 e. The molecule has 8 heteroatoms. The second-order valence-electron chi connectivity index (χ2n) is 6.36. The number of ether oxygens (including phenoxy) is 1. The highest BCUT2D eigenvalue weighted by atomic mass is 16.5. The Morgan fingerprint density at radius 2 is 1.88 bits per heavy atom. The van der Waals surface area contributed by atoms with E-state index in [1.165, 1.54) is 12.8 Å². The molecule has 0 bridgehead atoms. The lowest BCUT2D eigenvalue weighted by molar-refractivity contribution is -0.132. The number of fused-ring (bicyclic) bond motifs is 1. The van der Waals surface area contributed by atoms with E-state index in [0.717, 1.165) is 25.9 Å². The quantitative estimate of drug-likeness (QED) is 0.854. The van der Waals surface area contributed by atoms with Crippen molar-refractivity contribution < 1.29 is 14.3 Å². The Balaban J connectivity index is 1.59. The van der Waals surface area contributed by atoms with Crippen molar-refractivity contribution in [1.29, 1.82) is 0 Å². The Labute approximate surface area is 152 Å². The molecule has 0 aliphatic carbocycles. The van der Waals surface area contributed by atoms with E-state index in [4.69, 9.17) is 4.74 Å². The molecule has 26 heavy (non-hydrogen) atoms. The zero-order chi connectivity index (χ0) is 18.4. The number of carbonyl (C=O) groups excluding carboxylic acids is 2. The third kappa shape index (κ3) is 4.30. The van der Waals surface area contributed by atoms with Crippen LogP contribution in [0.5, 0.6) is 5.88 Å². The van der Waals surface area contributed by atoms with E-state index in [1.54, 1.807) is 16.5 Å². The first-order valence-corrected chi connectivity index (χ1v) is 9.23. The van der Waals surface area contributed by atoms with E-state index in [-0.39, 0.29) is 24.7 Å². The summed E-state index contributed by atoms with van der Waals surface area (Å²) in [6, 6.07) is 5.40. The van der Waals surface area contributed by atoms with Gasteiger partial charge in [-0.3, -0.25) is 14.9 Å². The summed E-state index contributed by atoms with van der Waals surface area (Å²) in [7, 11) is 0. The average Bonchev–Trinajstić information content (AvgIpc) is 2.86. The van der Waals surface area contributed by atoms with Crippen molar-refractivity contribution in [3.8, 4) is 5.88 Å². The smallest absolute Gasteiger partial charge is 0.238 e. The number of nitrogens with zero attached hydrogens (tertiary/aromatic N) is 4. The maximum absolute atomic E-state index is 12.3. The zero-order valence-electron chi connectivity index (χ0n) is 15.1. The highest BCUT2D eigenvalue weighted by Gasteiger charge is 2.18. The molecule has 0 spiro atoms. The van der Waals surface area contributed by atoms with Crippen LogP contribution >= 0.6 is 0 Å². The van der Waals surface area contributed by atoms with Gasteiger partial charge in [0.15, 0.2) is 5.65 Å². The molecule has 0 aromatic carbocycles. The van der Waals surface area contributed by atoms with Gasteiger partial charge >= 0.3 is 0 Å². The van der Waals surface area contributed by atoms with Crippen LogP contribution in [0.3, 0.4) is 0 Å².